The van der Waals surface area contributed by atoms with Crippen molar-refractivity contribution in [2.75, 3.05) is 0 Å². The summed E-state index contributed by atoms with van der Waals surface area (Å²) >= 11 is 0. The molecule has 2 heterocycles. The van der Waals surface area contributed by atoms with E-state index in [2.05, 4.69) is 0 Å². The van der Waals surface area contributed by atoms with Crippen LogP contribution >= 0.6 is 0 Å². The summed E-state index contributed by atoms with van der Waals surface area (Å²) in [4.78, 5) is 50.9. The van der Waals surface area contributed by atoms with E-state index in [4.69, 9.17) is 0 Å². The highest BCUT2D eigenvalue weighted by Crippen LogP contribution is 2.28. The first-order chi connectivity index (χ1) is 13.1. The van der Waals surface area contributed by atoms with Crippen molar-refractivity contribution in [1.29, 1.82) is 0 Å². The van der Waals surface area contributed by atoms with E-state index in [-0.39, 0.29) is 21.5 Å². The molecule has 4 aromatic rings. The minimum absolute atomic E-state index is 0.162. The number of aromatic nitrogens is 2. The van der Waals surface area contributed by atoms with E-state index in [1.807, 2.05) is 34.6 Å². The Balaban J connectivity index is 2.23. The zero-order valence-electron chi connectivity index (χ0n) is 16.7. The smallest absolute Gasteiger partial charge is 0.266 e. The summed E-state index contributed by atoms with van der Waals surface area (Å²) in [5.74, 6) is 0. The maximum absolute atomic E-state index is 13.2. The van der Waals surface area contributed by atoms with E-state index in [0.29, 0.717) is 5.69 Å². The molecule has 0 N–H and O–H groups in total. The van der Waals surface area contributed by atoms with Gasteiger partial charge in [-0.2, -0.15) is 0 Å². The predicted molar refractivity (Wildman–Crippen MR) is 111 cm³/mol. The molecule has 0 bridgehead atoms. The first-order valence-electron chi connectivity index (χ1n) is 9.04. The molecule has 0 aliphatic rings. The molecular weight excluding hydrogens is 356 g/mol. The van der Waals surface area contributed by atoms with Crippen molar-refractivity contribution < 1.29 is 0 Å². The van der Waals surface area contributed by atoms with Crippen LogP contribution in [0.15, 0.2) is 31.3 Å². The molecular formula is C22H20N2O4. The normalized spacial score (nSPS) is 11.8. The van der Waals surface area contributed by atoms with Crippen LogP contribution < -0.4 is 22.2 Å². The fourth-order valence-electron chi connectivity index (χ4n) is 4.11. The molecule has 28 heavy (non-hydrogen) atoms. The van der Waals surface area contributed by atoms with Crippen LogP contribution in [0.5, 0.6) is 0 Å². The number of benzene rings is 2. The third-order valence-corrected chi connectivity index (χ3v) is 6.28. The van der Waals surface area contributed by atoms with Crippen LogP contribution in [0, 0.1) is 34.6 Å². The van der Waals surface area contributed by atoms with Gasteiger partial charge in [-0.3, -0.25) is 23.7 Å². The molecule has 0 saturated heterocycles. The topological polar surface area (TPSA) is 78.1 Å². The first-order valence-corrected chi connectivity index (χ1v) is 9.04. The number of nitrogens with zero attached hydrogens (tertiary/aromatic N) is 2. The fourth-order valence-corrected chi connectivity index (χ4v) is 4.11. The largest absolute Gasteiger partial charge is 0.277 e. The van der Waals surface area contributed by atoms with Crippen LogP contribution in [0.2, 0.25) is 0 Å². The molecule has 0 saturated carbocycles. The molecule has 0 atom stereocenters. The monoisotopic (exact) mass is 376 g/mol. The highest BCUT2D eigenvalue weighted by atomic mass is 16.2. The first kappa shape index (κ1) is 18.1. The molecule has 0 radical (unpaired) electrons. The highest BCUT2D eigenvalue weighted by Gasteiger charge is 2.22. The Kier molecular flexibility index (Phi) is 3.63. The predicted octanol–water partition coefficient (Wildman–Crippen LogP) is 1.98. The van der Waals surface area contributed by atoms with Gasteiger partial charge in [-0.05, 0) is 74.6 Å². The lowest BCUT2D eigenvalue weighted by atomic mass is 9.93. The number of hydrogen-bond acceptors (Lipinski definition) is 4. The molecule has 6 heteroatoms. The summed E-state index contributed by atoms with van der Waals surface area (Å²) in [7, 11) is 1.39. The minimum atomic E-state index is -0.466. The summed E-state index contributed by atoms with van der Waals surface area (Å²) in [6.07, 6.45) is 0. The average Bonchev–Trinajstić information content (AvgIpc) is 3.04. The molecule has 0 aliphatic heterocycles. The van der Waals surface area contributed by atoms with E-state index in [1.165, 1.54) is 23.7 Å². The van der Waals surface area contributed by atoms with Gasteiger partial charge in [0.25, 0.3) is 22.2 Å². The van der Waals surface area contributed by atoms with Gasteiger partial charge in [0, 0.05) is 7.05 Å². The number of hydrogen-bond donors (Lipinski definition) is 0. The Morgan fingerprint density at radius 3 is 1.25 bits per heavy atom. The van der Waals surface area contributed by atoms with Gasteiger partial charge in [0.2, 0.25) is 0 Å². The second kappa shape index (κ2) is 5.61. The van der Waals surface area contributed by atoms with Gasteiger partial charge in [-0.1, -0.05) is 0 Å². The molecule has 4 rings (SSSR count). The Labute approximate surface area is 160 Å². The Bertz CT molecular complexity index is 1430. The van der Waals surface area contributed by atoms with Gasteiger partial charge in [-0.15, -0.1) is 0 Å². The summed E-state index contributed by atoms with van der Waals surface area (Å²) in [6, 6.07) is 2.76. The Hall–Kier alpha value is -3.28. The quantitative estimate of drug-likeness (QED) is 0.509. The van der Waals surface area contributed by atoms with Crippen LogP contribution in [0.3, 0.4) is 0 Å². The van der Waals surface area contributed by atoms with E-state index in [0.717, 1.165) is 32.4 Å². The van der Waals surface area contributed by atoms with Crippen molar-refractivity contribution >= 4 is 21.5 Å². The second-order valence-corrected chi connectivity index (χ2v) is 7.53. The molecule has 0 aliphatic carbocycles. The molecule has 0 amide bonds. The van der Waals surface area contributed by atoms with E-state index in [9.17, 15) is 19.2 Å². The van der Waals surface area contributed by atoms with Crippen molar-refractivity contribution in [3.63, 3.8) is 0 Å². The van der Waals surface area contributed by atoms with Crippen LogP contribution in [0.25, 0.3) is 27.2 Å². The molecule has 2 aromatic carbocycles. The maximum Gasteiger partial charge on any atom is 0.266 e. The van der Waals surface area contributed by atoms with Crippen LogP contribution in [-0.2, 0) is 7.05 Å². The van der Waals surface area contributed by atoms with Crippen LogP contribution in [0.4, 0.5) is 0 Å². The van der Waals surface area contributed by atoms with Crippen LogP contribution in [0.1, 0.15) is 27.8 Å². The number of rotatable bonds is 1. The van der Waals surface area contributed by atoms with Gasteiger partial charge in [0.1, 0.15) is 0 Å². The summed E-state index contributed by atoms with van der Waals surface area (Å²) in [6.45, 7) is 9.77. The molecule has 0 fully saturated rings. The van der Waals surface area contributed by atoms with Gasteiger partial charge >= 0.3 is 0 Å². The van der Waals surface area contributed by atoms with Crippen molar-refractivity contribution in [3.8, 4) is 5.69 Å². The summed E-state index contributed by atoms with van der Waals surface area (Å²) in [5, 5.41) is 0.655. The van der Waals surface area contributed by atoms with Gasteiger partial charge < -0.3 is 0 Å². The molecule has 2 aromatic heterocycles. The molecule has 6 nitrogen and oxygen atoms in total. The second-order valence-electron chi connectivity index (χ2n) is 7.53. The Morgan fingerprint density at radius 2 is 0.857 bits per heavy atom. The van der Waals surface area contributed by atoms with Crippen LogP contribution in [-0.4, -0.2) is 9.13 Å². The number of fused-ring (bicyclic) bond motifs is 2. The zero-order valence-corrected chi connectivity index (χ0v) is 16.7. The lowest BCUT2D eigenvalue weighted by Crippen LogP contribution is -2.26. The minimum Gasteiger partial charge on any atom is -0.277 e. The van der Waals surface area contributed by atoms with E-state index < -0.39 is 22.2 Å². The lowest BCUT2D eigenvalue weighted by Gasteiger charge is -2.18. The van der Waals surface area contributed by atoms with Crippen molar-refractivity contribution in [2.45, 2.75) is 34.6 Å². The fraction of sp³-hybridized carbons (Fsp3) is 0.273. The maximum atomic E-state index is 13.2. The zero-order chi connectivity index (χ0) is 20.7. The molecule has 0 spiro atoms. The van der Waals surface area contributed by atoms with Crippen molar-refractivity contribution in [2.24, 2.45) is 7.05 Å². The molecule has 142 valence electrons. The highest BCUT2D eigenvalue weighted by molar-refractivity contribution is 5.98. The lowest BCUT2D eigenvalue weighted by molar-refractivity contribution is 0.856. The summed E-state index contributed by atoms with van der Waals surface area (Å²) in [5.41, 5.74) is 3.66. The van der Waals surface area contributed by atoms with Crippen molar-refractivity contribution in [1.82, 2.24) is 9.13 Å². The van der Waals surface area contributed by atoms with E-state index >= 15 is 0 Å². The Morgan fingerprint density at radius 1 is 0.536 bits per heavy atom. The van der Waals surface area contributed by atoms with Crippen molar-refractivity contribution in [3.05, 3.63) is 81.4 Å². The van der Waals surface area contributed by atoms with Gasteiger partial charge in [-0.25, -0.2) is 4.57 Å². The third-order valence-electron chi connectivity index (χ3n) is 6.28. The summed E-state index contributed by atoms with van der Waals surface area (Å²) < 4.78 is 2.18. The van der Waals surface area contributed by atoms with Gasteiger partial charge in [0.15, 0.2) is 0 Å². The SMILES string of the molecule is Cc1c(C)c(C)c(-n2c(=O)c3cc4c(=O)n(C)c(=O)c4cc3c2=O)c(C)c1C. The molecule has 0 unspecified atom stereocenters. The van der Waals surface area contributed by atoms with E-state index in [1.54, 1.807) is 0 Å². The van der Waals surface area contributed by atoms with Gasteiger partial charge in [0.05, 0.1) is 27.2 Å². The third kappa shape index (κ3) is 2.03. The average molecular weight is 376 g/mol. The standard InChI is InChI=1S/C22H20N2O4/c1-9-10(2)12(4)18(13(5)11(9)3)24-21(27)16-7-14-15(8-17(16)22(24)28)20(26)23(6)19(14)25/h7-8H,1-6H3.